The summed E-state index contributed by atoms with van der Waals surface area (Å²) in [5.41, 5.74) is 3.07. The molecular weight excluding hydrogens is 391 g/mol. The Labute approximate surface area is 172 Å². The van der Waals surface area contributed by atoms with Gasteiger partial charge in [0, 0.05) is 17.5 Å². The molecule has 0 saturated heterocycles. The number of nitrogens with one attached hydrogen (secondary N) is 1. The molecule has 3 aromatic rings. The average Bonchev–Trinajstić information content (AvgIpc) is 3.23. The molecule has 0 spiro atoms. The first kappa shape index (κ1) is 20.7. The number of hydrogen-bond donors (Lipinski definition) is 1. The van der Waals surface area contributed by atoms with Crippen LogP contribution in [-0.2, 0) is 22.5 Å². The zero-order valence-electron chi connectivity index (χ0n) is 16.1. The van der Waals surface area contributed by atoms with E-state index in [1.165, 1.54) is 36.0 Å². The van der Waals surface area contributed by atoms with Gasteiger partial charge in [0.1, 0.15) is 10.8 Å². The van der Waals surface area contributed by atoms with Gasteiger partial charge in [0.2, 0.25) is 0 Å². The second-order valence-corrected chi connectivity index (χ2v) is 7.34. The summed E-state index contributed by atoms with van der Waals surface area (Å²) in [6, 6.07) is 13.8. The van der Waals surface area contributed by atoms with Crippen molar-refractivity contribution in [1.82, 2.24) is 10.3 Å². The van der Waals surface area contributed by atoms with Crippen LogP contribution >= 0.6 is 11.3 Å². The molecule has 0 bridgehead atoms. The number of carbonyl (C=O) groups is 2. The van der Waals surface area contributed by atoms with Crippen molar-refractivity contribution >= 4 is 23.2 Å². The van der Waals surface area contributed by atoms with Crippen molar-refractivity contribution in [3.63, 3.8) is 0 Å². The molecule has 29 heavy (non-hydrogen) atoms. The number of benzene rings is 2. The summed E-state index contributed by atoms with van der Waals surface area (Å²) in [6.45, 7) is 3.80. The van der Waals surface area contributed by atoms with Gasteiger partial charge in [-0.1, -0.05) is 43.3 Å². The molecule has 7 heteroatoms. The van der Waals surface area contributed by atoms with E-state index in [1.54, 1.807) is 17.5 Å². The van der Waals surface area contributed by atoms with Crippen LogP contribution in [-0.4, -0.2) is 23.0 Å². The first-order valence-electron chi connectivity index (χ1n) is 9.24. The van der Waals surface area contributed by atoms with Gasteiger partial charge in [-0.25, -0.2) is 14.2 Å². The third kappa shape index (κ3) is 5.48. The molecular formula is C22H21FN2O3S. The van der Waals surface area contributed by atoms with Gasteiger partial charge in [-0.2, -0.15) is 0 Å². The van der Waals surface area contributed by atoms with Crippen molar-refractivity contribution in [2.45, 2.75) is 32.9 Å². The Morgan fingerprint density at radius 3 is 2.41 bits per heavy atom. The molecule has 1 aromatic heterocycles. The predicted octanol–water partition coefficient (Wildman–Crippen LogP) is 4.37. The van der Waals surface area contributed by atoms with Crippen molar-refractivity contribution in [3.8, 4) is 10.6 Å². The molecule has 0 aliphatic heterocycles. The highest BCUT2D eigenvalue weighted by molar-refractivity contribution is 7.13. The molecule has 5 nitrogen and oxygen atoms in total. The Bertz CT molecular complexity index is 984. The summed E-state index contributed by atoms with van der Waals surface area (Å²) in [6.07, 6.45) is -0.0199. The van der Waals surface area contributed by atoms with Crippen LogP contribution < -0.4 is 5.32 Å². The van der Waals surface area contributed by atoms with E-state index in [4.69, 9.17) is 4.74 Å². The highest BCUT2D eigenvalue weighted by Gasteiger charge is 2.21. The summed E-state index contributed by atoms with van der Waals surface area (Å²) < 4.78 is 18.1. The number of carbonyl (C=O) groups excluding carboxylic acids is 2. The van der Waals surface area contributed by atoms with E-state index >= 15 is 0 Å². The maximum atomic E-state index is 12.9. The largest absolute Gasteiger partial charge is 0.448 e. The number of halogens is 1. The SMILES string of the molecule is CCc1ccc(-c2nc(C(=O)O[C@H](C)C(=O)NCc3ccc(F)cc3)cs2)cc1. The second-order valence-electron chi connectivity index (χ2n) is 6.48. The molecule has 2 aromatic carbocycles. The van der Waals surface area contributed by atoms with E-state index in [1.807, 2.05) is 24.3 Å². The minimum Gasteiger partial charge on any atom is -0.448 e. The van der Waals surface area contributed by atoms with E-state index in [0.29, 0.717) is 5.01 Å². The molecule has 1 heterocycles. The van der Waals surface area contributed by atoms with Crippen molar-refractivity contribution < 1.29 is 18.7 Å². The molecule has 0 aliphatic carbocycles. The summed E-state index contributed by atoms with van der Waals surface area (Å²) in [7, 11) is 0. The van der Waals surface area contributed by atoms with Crippen molar-refractivity contribution in [2.75, 3.05) is 0 Å². The van der Waals surface area contributed by atoms with Gasteiger partial charge in [0.15, 0.2) is 11.8 Å². The quantitative estimate of drug-likeness (QED) is 0.585. The lowest BCUT2D eigenvalue weighted by atomic mass is 10.1. The standard InChI is InChI=1S/C22H21FN2O3S/c1-3-15-4-8-17(9-5-15)21-25-19(13-29-21)22(27)28-14(2)20(26)24-12-16-6-10-18(23)11-7-16/h4-11,13-14H,3,12H2,1-2H3,(H,24,26)/t14-/m1/s1. The van der Waals surface area contributed by atoms with E-state index in [0.717, 1.165) is 17.5 Å². The Morgan fingerprint density at radius 1 is 1.10 bits per heavy atom. The van der Waals surface area contributed by atoms with E-state index in [2.05, 4.69) is 17.2 Å². The molecule has 0 fully saturated rings. The number of nitrogens with zero attached hydrogens (tertiary/aromatic N) is 1. The molecule has 1 amide bonds. The van der Waals surface area contributed by atoms with Crippen LogP contribution in [0, 0.1) is 5.82 Å². The highest BCUT2D eigenvalue weighted by Crippen LogP contribution is 2.24. The van der Waals surface area contributed by atoms with Gasteiger partial charge in [0.05, 0.1) is 0 Å². The van der Waals surface area contributed by atoms with Crippen molar-refractivity contribution in [3.05, 3.63) is 76.5 Å². The summed E-state index contributed by atoms with van der Waals surface area (Å²) in [5, 5.41) is 5.00. The third-order valence-corrected chi connectivity index (χ3v) is 5.25. The van der Waals surface area contributed by atoms with Crippen LogP contribution in [0.5, 0.6) is 0 Å². The highest BCUT2D eigenvalue weighted by atomic mass is 32.1. The average molecular weight is 412 g/mol. The zero-order valence-corrected chi connectivity index (χ0v) is 17.0. The smallest absolute Gasteiger partial charge is 0.358 e. The zero-order chi connectivity index (χ0) is 20.8. The minimum atomic E-state index is -0.975. The molecule has 1 atom stereocenters. The fourth-order valence-corrected chi connectivity index (χ4v) is 3.39. The molecule has 0 unspecified atom stereocenters. The normalized spacial score (nSPS) is 11.7. The van der Waals surface area contributed by atoms with Crippen LogP contribution in [0.15, 0.2) is 53.9 Å². The maximum Gasteiger partial charge on any atom is 0.358 e. The molecule has 0 radical (unpaired) electrons. The fraction of sp³-hybridized carbons (Fsp3) is 0.227. The van der Waals surface area contributed by atoms with Crippen LogP contribution in [0.4, 0.5) is 4.39 Å². The molecule has 1 N–H and O–H groups in total. The van der Waals surface area contributed by atoms with Gasteiger partial charge < -0.3 is 10.1 Å². The number of rotatable bonds is 7. The van der Waals surface area contributed by atoms with Crippen molar-refractivity contribution in [2.24, 2.45) is 0 Å². The van der Waals surface area contributed by atoms with Gasteiger partial charge in [0.25, 0.3) is 5.91 Å². The summed E-state index contributed by atoms with van der Waals surface area (Å²) in [4.78, 5) is 28.8. The number of hydrogen-bond acceptors (Lipinski definition) is 5. The molecule has 3 rings (SSSR count). The first-order valence-corrected chi connectivity index (χ1v) is 10.1. The number of amides is 1. The van der Waals surface area contributed by atoms with Gasteiger partial charge in [-0.15, -0.1) is 11.3 Å². The van der Waals surface area contributed by atoms with Gasteiger partial charge in [-0.05, 0) is 36.6 Å². The minimum absolute atomic E-state index is 0.169. The summed E-state index contributed by atoms with van der Waals surface area (Å²) in [5.74, 6) is -1.43. The van der Waals surface area contributed by atoms with E-state index in [9.17, 15) is 14.0 Å². The van der Waals surface area contributed by atoms with Crippen LogP contribution in [0.25, 0.3) is 10.6 Å². The molecule has 0 aliphatic rings. The Hall–Kier alpha value is -3.06. The molecule has 0 saturated carbocycles. The topological polar surface area (TPSA) is 68.3 Å². The number of esters is 1. The lowest BCUT2D eigenvalue weighted by Crippen LogP contribution is -2.35. The van der Waals surface area contributed by atoms with Crippen molar-refractivity contribution in [1.29, 1.82) is 0 Å². The van der Waals surface area contributed by atoms with Crippen LogP contribution in [0.1, 0.15) is 35.5 Å². The first-order chi connectivity index (χ1) is 14.0. The number of thiazole rings is 1. The Balaban J connectivity index is 1.55. The maximum absolute atomic E-state index is 12.9. The number of ether oxygens (including phenoxy) is 1. The number of aryl methyl sites for hydroxylation is 1. The predicted molar refractivity (Wildman–Crippen MR) is 110 cm³/mol. The monoisotopic (exact) mass is 412 g/mol. The third-order valence-electron chi connectivity index (χ3n) is 4.36. The Morgan fingerprint density at radius 2 is 1.76 bits per heavy atom. The second kappa shape index (κ2) is 9.43. The molecule has 150 valence electrons. The van der Waals surface area contributed by atoms with Gasteiger partial charge >= 0.3 is 5.97 Å². The Kier molecular flexibility index (Phi) is 6.72. The number of aromatic nitrogens is 1. The van der Waals surface area contributed by atoms with Crippen LogP contribution in [0.2, 0.25) is 0 Å². The summed E-state index contributed by atoms with van der Waals surface area (Å²) >= 11 is 1.35. The van der Waals surface area contributed by atoms with E-state index in [-0.39, 0.29) is 18.1 Å². The van der Waals surface area contributed by atoms with Gasteiger partial charge in [-0.3, -0.25) is 4.79 Å². The lowest BCUT2D eigenvalue weighted by Gasteiger charge is -2.12. The van der Waals surface area contributed by atoms with Crippen LogP contribution in [0.3, 0.4) is 0 Å². The van der Waals surface area contributed by atoms with E-state index < -0.39 is 18.0 Å². The lowest BCUT2D eigenvalue weighted by molar-refractivity contribution is -0.129. The fourth-order valence-electron chi connectivity index (χ4n) is 2.59.